The van der Waals surface area contributed by atoms with Gasteiger partial charge in [-0.15, -0.1) is 0 Å². The van der Waals surface area contributed by atoms with E-state index in [4.69, 9.17) is 10.6 Å². The van der Waals surface area contributed by atoms with Crippen LogP contribution in [0, 0.1) is 0 Å². The lowest BCUT2D eigenvalue weighted by atomic mass is 9.98. The topological polar surface area (TPSA) is 87.9 Å². The van der Waals surface area contributed by atoms with Gasteiger partial charge in [-0.1, -0.05) is 48.5 Å². The van der Waals surface area contributed by atoms with Crippen molar-refractivity contribution in [3.05, 3.63) is 59.7 Å². The molecule has 1 aliphatic rings. The highest BCUT2D eigenvalue weighted by Gasteiger charge is 2.37. The predicted molar refractivity (Wildman–Crippen MR) is 85.0 cm³/mol. The van der Waals surface area contributed by atoms with Crippen LogP contribution in [0.1, 0.15) is 17.0 Å². The molecule has 3 rings (SSSR count). The summed E-state index contributed by atoms with van der Waals surface area (Å²) in [6.45, 7) is 0.0313. The van der Waals surface area contributed by atoms with Crippen molar-refractivity contribution in [2.75, 3.05) is 13.7 Å². The summed E-state index contributed by atoms with van der Waals surface area (Å²) >= 11 is 0. The summed E-state index contributed by atoms with van der Waals surface area (Å²) in [5, 5.41) is 0. The molecule has 2 N–H and O–H groups in total. The molecular formula is C16H16NO5P. The van der Waals surface area contributed by atoms with Crippen LogP contribution in [-0.2, 0) is 18.5 Å². The Morgan fingerprint density at radius 3 is 2.09 bits per heavy atom. The highest BCUT2D eigenvalue weighted by molar-refractivity contribution is 7.71. The normalized spacial score (nSPS) is 15.6. The lowest BCUT2D eigenvalue weighted by molar-refractivity contribution is 0.149. The van der Waals surface area contributed by atoms with Crippen LogP contribution in [0.4, 0.5) is 4.79 Å². The molecule has 0 heterocycles. The molecule has 1 atom stereocenters. The Hall–Kier alpha value is -1.98. The van der Waals surface area contributed by atoms with E-state index in [0.29, 0.717) is 0 Å². The maximum absolute atomic E-state index is 11.9. The van der Waals surface area contributed by atoms with Gasteiger partial charge >= 0.3 is 13.3 Å². The Bertz CT molecular complexity index is 738. The molecule has 2 aromatic carbocycles. The lowest BCUT2D eigenvalue weighted by Crippen LogP contribution is -2.15. The van der Waals surface area contributed by atoms with Crippen LogP contribution in [0.25, 0.3) is 11.1 Å². The summed E-state index contributed by atoms with van der Waals surface area (Å²) in [7, 11) is -3.00. The van der Waals surface area contributed by atoms with E-state index < -0.39 is 13.3 Å². The molecule has 0 saturated heterocycles. The van der Waals surface area contributed by atoms with Crippen LogP contribution in [-0.4, -0.2) is 19.4 Å². The van der Waals surface area contributed by atoms with E-state index in [-0.39, 0.29) is 12.5 Å². The van der Waals surface area contributed by atoms with Crippen LogP contribution < -0.4 is 5.90 Å². The van der Waals surface area contributed by atoms with Crippen molar-refractivity contribution in [1.82, 2.24) is 0 Å². The van der Waals surface area contributed by atoms with E-state index in [0.717, 1.165) is 29.4 Å². The Kier molecular flexibility index (Phi) is 4.33. The zero-order valence-electron chi connectivity index (χ0n) is 12.5. The molecule has 0 amide bonds. The number of carbonyl (C=O) groups is 1. The molecule has 120 valence electrons. The summed E-state index contributed by atoms with van der Waals surface area (Å²) < 4.78 is 25.8. The van der Waals surface area contributed by atoms with Gasteiger partial charge in [0, 0.05) is 13.0 Å². The Labute approximate surface area is 133 Å². The summed E-state index contributed by atoms with van der Waals surface area (Å²) in [5.74, 6) is 4.74. The Balaban J connectivity index is 1.87. The summed E-state index contributed by atoms with van der Waals surface area (Å²) in [4.78, 5) is 11.9. The quantitative estimate of drug-likeness (QED) is 0.663. The number of hydrogen-bond acceptors (Lipinski definition) is 6. The van der Waals surface area contributed by atoms with E-state index in [1.54, 1.807) is 0 Å². The zero-order chi connectivity index (χ0) is 16.4. The summed E-state index contributed by atoms with van der Waals surface area (Å²) in [6, 6.07) is 15.8. The smallest absolute Gasteiger partial charge is 0.454 e. The third kappa shape index (κ3) is 2.71. The maximum atomic E-state index is 11.9. The van der Waals surface area contributed by atoms with Crippen molar-refractivity contribution in [3.8, 4) is 11.1 Å². The van der Waals surface area contributed by atoms with Crippen molar-refractivity contribution >= 4 is 13.3 Å². The van der Waals surface area contributed by atoms with Crippen LogP contribution in [0.5, 0.6) is 0 Å². The highest BCUT2D eigenvalue weighted by Crippen LogP contribution is 2.49. The second-order valence-corrected chi connectivity index (χ2v) is 7.03. The number of rotatable bonds is 5. The van der Waals surface area contributed by atoms with Gasteiger partial charge in [-0.05, 0) is 22.3 Å². The van der Waals surface area contributed by atoms with E-state index in [9.17, 15) is 9.36 Å². The largest absolute Gasteiger partial charge is 0.456 e. The molecule has 0 bridgehead atoms. The average molecular weight is 333 g/mol. The molecule has 0 radical (unpaired) electrons. The van der Waals surface area contributed by atoms with Gasteiger partial charge in [0.2, 0.25) is 0 Å². The third-order valence-electron chi connectivity index (χ3n) is 3.94. The molecule has 23 heavy (non-hydrogen) atoms. The first-order valence-corrected chi connectivity index (χ1v) is 8.55. The first-order valence-electron chi connectivity index (χ1n) is 7.00. The fourth-order valence-electron chi connectivity index (χ4n) is 2.83. The van der Waals surface area contributed by atoms with Crippen LogP contribution in [0.2, 0.25) is 0 Å². The van der Waals surface area contributed by atoms with Gasteiger partial charge in [-0.3, -0.25) is 0 Å². The molecule has 0 saturated carbocycles. The number of ether oxygens (including phenoxy) is 1. The summed E-state index contributed by atoms with van der Waals surface area (Å²) in [5.41, 5.74) is 3.23. The maximum Gasteiger partial charge on any atom is 0.454 e. The average Bonchev–Trinajstić information content (AvgIpc) is 2.93. The zero-order valence-corrected chi connectivity index (χ0v) is 13.4. The number of fused-ring (bicyclic) bond motifs is 3. The summed E-state index contributed by atoms with van der Waals surface area (Å²) in [6.07, 6.45) is 0. The molecule has 0 spiro atoms. The number of carbonyl (C=O) groups excluding carboxylic acids is 1. The number of benzene rings is 2. The fourth-order valence-corrected chi connectivity index (χ4v) is 3.39. The molecule has 1 aliphatic carbocycles. The third-order valence-corrected chi connectivity index (χ3v) is 5.27. The van der Waals surface area contributed by atoms with Gasteiger partial charge in [0.05, 0.1) is 0 Å². The minimum Gasteiger partial charge on any atom is -0.456 e. The van der Waals surface area contributed by atoms with Crippen molar-refractivity contribution in [2.45, 2.75) is 5.92 Å². The van der Waals surface area contributed by atoms with Crippen LogP contribution in [0.3, 0.4) is 0 Å². The van der Waals surface area contributed by atoms with Gasteiger partial charge in [-0.2, -0.15) is 0 Å². The predicted octanol–water partition coefficient (Wildman–Crippen LogP) is 3.67. The van der Waals surface area contributed by atoms with E-state index in [1.165, 1.54) is 0 Å². The van der Waals surface area contributed by atoms with Crippen molar-refractivity contribution in [3.63, 3.8) is 0 Å². The first-order chi connectivity index (χ1) is 11.1. The molecule has 0 aliphatic heterocycles. The number of hydrogen-bond donors (Lipinski definition) is 1. The molecule has 0 fully saturated rings. The van der Waals surface area contributed by atoms with Gasteiger partial charge < -0.3 is 9.26 Å². The van der Waals surface area contributed by atoms with E-state index in [1.807, 2.05) is 48.5 Å². The van der Waals surface area contributed by atoms with Crippen LogP contribution in [0.15, 0.2) is 48.5 Å². The van der Waals surface area contributed by atoms with Gasteiger partial charge in [0.15, 0.2) is 0 Å². The van der Waals surface area contributed by atoms with Crippen molar-refractivity contribution in [1.29, 1.82) is 0 Å². The molecule has 7 heteroatoms. The SMILES string of the molecule is COP(=O)(ON)C(=O)OCC1c2ccccc2-c2ccccc21. The minimum atomic E-state index is -4.08. The number of nitrogens with two attached hydrogens (primary N) is 1. The Morgan fingerprint density at radius 1 is 1.09 bits per heavy atom. The molecule has 0 aromatic heterocycles. The van der Waals surface area contributed by atoms with Gasteiger partial charge in [0.1, 0.15) is 6.61 Å². The Morgan fingerprint density at radius 2 is 1.61 bits per heavy atom. The molecular weight excluding hydrogens is 317 g/mol. The second-order valence-electron chi connectivity index (χ2n) is 5.09. The highest BCUT2D eigenvalue weighted by atomic mass is 31.2. The lowest BCUT2D eigenvalue weighted by Gasteiger charge is -2.16. The molecule has 6 nitrogen and oxygen atoms in total. The standard InChI is InChI=1S/C16H16NO5P/c1-20-23(19,22-17)16(18)21-10-15-13-8-4-2-6-11(13)12-7-3-5-9-14(12)15/h2-9,15H,10,17H2,1H3. The second kappa shape index (κ2) is 6.26. The van der Waals surface area contributed by atoms with E-state index in [2.05, 4.69) is 9.15 Å². The monoisotopic (exact) mass is 333 g/mol. The van der Waals surface area contributed by atoms with Crippen molar-refractivity contribution in [2.24, 2.45) is 5.90 Å². The van der Waals surface area contributed by atoms with Gasteiger partial charge in [-0.25, -0.2) is 19.9 Å². The van der Waals surface area contributed by atoms with Crippen molar-refractivity contribution < 1.29 is 23.2 Å². The fraction of sp³-hybridized carbons (Fsp3) is 0.188. The van der Waals surface area contributed by atoms with Crippen LogP contribution >= 0.6 is 7.60 Å². The van der Waals surface area contributed by atoms with E-state index >= 15 is 0 Å². The van der Waals surface area contributed by atoms with Gasteiger partial charge in [0.25, 0.3) is 0 Å². The first kappa shape index (κ1) is 15.9. The minimum absolute atomic E-state index is 0.0313. The molecule has 1 unspecified atom stereocenters. The molecule has 2 aromatic rings.